The fraction of sp³-hybridized carbons (Fsp3) is 0.265. The molecule has 12 rings (SSSR count). The molecule has 2 heterocycles. The summed E-state index contributed by atoms with van der Waals surface area (Å²) < 4.78 is 157. The summed E-state index contributed by atoms with van der Waals surface area (Å²) in [7, 11) is -10.4. The van der Waals surface area contributed by atoms with Crippen LogP contribution in [0.4, 0.5) is 45.5 Å². The van der Waals surface area contributed by atoms with Crippen molar-refractivity contribution in [3.63, 3.8) is 0 Å². The lowest BCUT2D eigenvalue weighted by Gasteiger charge is -2.26. The number of nitrogens with zero attached hydrogens (tertiary/aromatic N) is 4. The number of carbonyl (C=O) groups excluding carboxylic acids is 10. The number of sulfonamides is 2. The van der Waals surface area contributed by atoms with Crippen LogP contribution in [0.25, 0.3) is 66.8 Å². The van der Waals surface area contributed by atoms with Gasteiger partial charge in [-0.05, 0) is 157 Å². The van der Waals surface area contributed by atoms with Crippen LogP contribution in [0.2, 0.25) is 0 Å². The van der Waals surface area contributed by atoms with E-state index in [-0.39, 0.29) is 203 Å². The van der Waals surface area contributed by atoms with Crippen LogP contribution in [0.3, 0.4) is 0 Å². The van der Waals surface area contributed by atoms with E-state index in [2.05, 4.69) is 30.2 Å². The van der Waals surface area contributed by atoms with Gasteiger partial charge in [-0.25, -0.2) is 25.3 Å². The van der Waals surface area contributed by atoms with Gasteiger partial charge in [0.15, 0.2) is 26.9 Å². The molecule has 2 aliphatic carbocycles. The molecule has 8 aromatic rings. The second-order valence-corrected chi connectivity index (χ2v) is 36.1. The first-order valence-electron chi connectivity index (χ1n) is 43.4. The molecule has 2 aliphatic heterocycles. The van der Waals surface area contributed by atoms with E-state index in [0.717, 1.165) is 12.1 Å². The third-order valence-corrected chi connectivity index (χ3v) is 25.4. The number of aromatic carboxylic acids is 2. The van der Waals surface area contributed by atoms with Crippen molar-refractivity contribution in [1.29, 1.82) is 10.8 Å². The number of nitrogens with one attached hydrogen (secondary N) is 5. The number of nitrogens with two attached hydrogens (primary N) is 2. The third kappa shape index (κ3) is 26.9. The number of hydrogen-bond donors (Lipinski definition) is 7. The molecule has 0 radical (unpaired) electrons. The molecule has 9 N–H and O–H groups in total. The summed E-state index contributed by atoms with van der Waals surface area (Å²) >= 11 is 0. The van der Waals surface area contributed by atoms with Gasteiger partial charge in [-0.2, -0.15) is 0 Å². The van der Waals surface area contributed by atoms with Crippen molar-refractivity contribution in [3.05, 3.63) is 210 Å². The van der Waals surface area contributed by atoms with E-state index in [1.807, 2.05) is 0 Å². The summed E-state index contributed by atoms with van der Waals surface area (Å²) in [5.41, 5.74) is 11.9. The molecule has 0 atom stereocenters. The van der Waals surface area contributed by atoms with Crippen LogP contribution in [0, 0.1) is 10.8 Å². The molecular weight excluding hydrogens is 1890 g/mol. The van der Waals surface area contributed by atoms with Crippen molar-refractivity contribution in [1.82, 2.24) is 0 Å². The van der Waals surface area contributed by atoms with Crippen molar-refractivity contribution >= 4 is 157 Å². The number of esters is 4. The summed E-state index contributed by atoms with van der Waals surface area (Å²) in [4.78, 5) is 128. The molecule has 0 bridgehead atoms. The Morgan fingerprint density at radius 3 is 1.09 bits per heavy atom. The lowest BCUT2D eigenvalue weighted by molar-refractivity contribution is -0.894. The second-order valence-electron chi connectivity index (χ2n) is 31.6. The molecule has 0 spiro atoms. The predicted molar refractivity (Wildman–Crippen MR) is 515 cm³/mol. The van der Waals surface area contributed by atoms with Crippen molar-refractivity contribution in [2.24, 2.45) is 0 Å². The monoisotopic (exact) mass is 1990 g/mol. The number of anilines is 8. The van der Waals surface area contributed by atoms with Crippen LogP contribution in [0.1, 0.15) is 69.2 Å². The Balaban J connectivity index is 0.000000272. The molecule has 0 aromatic heterocycles. The molecule has 0 saturated carbocycles. The van der Waals surface area contributed by atoms with Crippen molar-refractivity contribution in [3.8, 4) is 67.9 Å². The third-order valence-electron chi connectivity index (χ3n) is 21.5. The van der Waals surface area contributed by atoms with E-state index in [0.29, 0.717) is 22.3 Å². The highest BCUT2D eigenvalue weighted by molar-refractivity contribution is 7.93. The van der Waals surface area contributed by atoms with Gasteiger partial charge in [-0.15, -0.1) is 0 Å². The van der Waals surface area contributed by atoms with E-state index in [1.54, 1.807) is 77.7 Å². The minimum Gasteiger partial charge on any atom is -0.744 e. The zero-order chi connectivity index (χ0) is 103. The van der Waals surface area contributed by atoms with E-state index >= 15 is 0 Å². The van der Waals surface area contributed by atoms with Gasteiger partial charge in [-0.1, -0.05) is 72.8 Å². The van der Waals surface area contributed by atoms with Gasteiger partial charge in [-0.3, -0.25) is 58.6 Å². The van der Waals surface area contributed by atoms with E-state index in [9.17, 15) is 88.0 Å². The second kappa shape index (κ2) is 47.9. The number of para-hydroxylation sites is 4. The standard InChI is InChI=1S/C46H45N5O16S2.C46H45N5O13S.C6H15N/c1-26(52)22-50(23-27(2)53)36-18-13-28(21-38(36)66-20-19-65-37-12-8-7-11-35(37)51(24-39(54)63-3)25-40(55)64-4)49-68(58,59)44-33(47)16-14-31-41(29-9-5-6-10-30(29)46(56)57)32-15-17-34(48)45(69(60,61)62)43(32)67-42(31)44;1-27(52)23-50(24-28(2)53)37-18-14-30(22-40(37)63-20-19-62-38-12-8-7-11-36(38)51(25-41(54)60-3)26-42(55)61-4)49-65(58,59)45-35(48)17-16-34-43(31-9-5-6-10-32(31)46(56)57)33-15-13-29(47)21-39(33)64-44(34)45;1-4-7(5-2)6-3/h5-18,21,47,49H,19-20,22-25,48H2,1-4H3,(H,56,57)(H,60,61,62);5-18,21-22,48-49H,19-20,23-26,47H2,1-4H3,(H,56,57);4-6H2,1-3H3/p-2. The van der Waals surface area contributed by atoms with E-state index < -0.39 is 114 Å². The number of hydrogen-bond acceptors (Lipinski definition) is 37. The average Bonchev–Trinajstić information content (AvgIpc) is 0.735. The number of ketones is 4. The Labute approximate surface area is 810 Å². The van der Waals surface area contributed by atoms with Crippen LogP contribution in [0.5, 0.6) is 23.0 Å². The highest BCUT2D eigenvalue weighted by Gasteiger charge is 2.35. The summed E-state index contributed by atoms with van der Waals surface area (Å²) in [5, 5.41) is 41.5. The molecule has 0 saturated heterocycles. The first kappa shape index (κ1) is 107. The SMILES string of the molecule is CC[NH+](CC)CC.COC(=O)CN(CC(=O)OC)c1ccccc1OCCOc1cc(NS(=O)(=O)c2c3oc4c(S(=O)(=O)[O-])c(N)ccc4c(-c4ccccc4C(=O)[O-])c-3ccc2=N)ccc1N(CC(C)=O)CC(C)=O.COC(=O)CN(CC(=O)OC)c1ccccc1OCCOc1cc(NS(=O)(=O)c2c3oc4cc(N)ccc4c(-c4ccccc4C(=O)[O-])c-3ccc2=N)ccc1N(CC(C)=O)CC(C)=O. The minimum absolute atomic E-state index is 0.0407. The zero-order valence-corrected chi connectivity index (χ0v) is 81.0. The number of benzene rings is 10. The van der Waals surface area contributed by atoms with Crippen LogP contribution in [-0.4, -0.2) is 216 Å². The van der Waals surface area contributed by atoms with E-state index in [1.165, 1.54) is 198 Å². The largest absolute Gasteiger partial charge is 0.744 e. The summed E-state index contributed by atoms with van der Waals surface area (Å²) in [5.74, 6) is -7.31. The molecule has 744 valence electrons. The molecule has 0 fully saturated rings. The molecule has 0 amide bonds. The molecule has 4 aliphatic rings. The fourth-order valence-electron chi connectivity index (χ4n) is 15.3. The minimum atomic E-state index is -5.45. The summed E-state index contributed by atoms with van der Waals surface area (Å²) in [6, 6.07) is 44.7. The summed E-state index contributed by atoms with van der Waals surface area (Å²) in [6.07, 6.45) is 0. The van der Waals surface area contributed by atoms with Gasteiger partial charge < -0.3 is 107 Å². The fourth-order valence-corrected chi connectivity index (χ4v) is 18.6. The number of carbonyl (C=O) groups is 10. The van der Waals surface area contributed by atoms with Crippen molar-refractivity contribution < 1.29 is 140 Å². The highest BCUT2D eigenvalue weighted by atomic mass is 32.2. The molecule has 8 aromatic carbocycles. The normalized spacial score (nSPS) is 11.2. The van der Waals surface area contributed by atoms with Crippen LogP contribution < -0.4 is 85.3 Å². The van der Waals surface area contributed by atoms with E-state index in [4.69, 9.17) is 69.0 Å². The van der Waals surface area contributed by atoms with Gasteiger partial charge in [0.25, 0.3) is 20.0 Å². The average molecular weight is 2000 g/mol. The molecule has 43 heteroatoms. The van der Waals surface area contributed by atoms with Crippen LogP contribution in [-0.2, 0) is 87.5 Å². The van der Waals surface area contributed by atoms with Gasteiger partial charge >= 0.3 is 23.9 Å². The first-order valence-corrected chi connectivity index (χ1v) is 47.8. The number of rotatable bonds is 44. The molecule has 0 unspecified atom stereocenters. The summed E-state index contributed by atoms with van der Waals surface area (Å²) in [6.45, 7) is 12.9. The number of methoxy groups -OCH3 is 4. The van der Waals surface area contributed by atoms with Gasteiger partial charge in [0.2, 0.25) is 0 Å². The number of quaternary nitrogens is 1. The van der Waals surface area contributed by atoms with Crippen molar-refractivity contribution in [2.75, 3.05) is 167 Å². The quantitative estimate of drug-likeness (QED) is 0.00510. The smallest absolute Gasteiger partial charge is 0.325 e. The Kier molecular flexibility index (Phi) is 36.3. The number of carboxylic acid groups (broad SMARTS) is 2. The Morgan fingerprint density at radius 2 is 0.730 bits per heavy atom. The Bertz CT molecular complexity index is 7100. The number of carboxylic acids is 2. The Morgan fingerprint density at radius 1 is 0.390 bits per heavy atom. The number of fused-ring (bicyclic) bond motifs is 4. The van der Waals surface area contributed by atoms with Gasteiger partial charge in [0, 0.05) is 68.0 Å². The first-order chi connectivity index (χ1) is 67.0. The van der Waals surface area contributed by atoms with Crippen LogP contribution in [0.15, 0.2) is 212 Å². The van der Waals surface area contributed by atoms with Gasteiger partial charge in [0.05, 0.1) is 137 Å². The van der Waals surface area contributed by atoms with Crippen LogP contribution >= 0.6 is 0 Å². The topological polar surface area (TPSA) is 584 Å². The van der Waals surface area contributed by atoms with Gasteiger partial charge in [0.1, 0.15) is 119 Å². The maximum absolute atomic E-state index is 14.6. The lowest BCUT2D eigenvalue weighted by atomic mass is 9.90. The number of Topliss-reactive ketones (excluding diaryl/α,β-unsaturated/α-hetero) is 4. The predicted octanol–water partition coefficient (Wildman–Crippen LogP) is 6.89. The maximum Gasteiger partial charge on any atom is 0.325 e. The van der Waals surface area contributed by atoms with Crippen molar-refractivity contribution in [2.45, 2.75) is 63.2 Å². The highest BCUT2D eigenvalue weighted by Crippen LogP contribution is 2.48. The molecule has 40 nitrogen and oxygen atoms in total. The maximum atomic E-state index is 14.6. The zero-order valence-electron chi connectivity index (χ0n) is 78.5. The molecule has 141 heavy (non-hydrogen) atoms. The molecular formula is C98H103N11O29S3-2. The Hall–Kier alpha value is -16.0. The number of ether oxygens (including phenoxy) is 8. The number of nitrogen functional groups attached to an aromatic ring is 2. The lowest BCUT2D eigenvalue weighted by Crippen LogP contribution is -3.11.